The summed E-state index contributed by atoms with van der Waals surface area (Å²) in [5.41, 5.74) is 3.86. The fraction of sp³-hybridized carbons (Fsp3) is 0.556. The van der Waals surface area contributed by atoms with Crippen LogP contribution in [0, 0.1) is 6.92 Å². The van der Waals surface area contributed by atoms with Gasteiger partial charge in [0.05, 0.1) is 11.2 Å². The van der Waals surface area contributed by atoms with Gasteiger partial charge in [0.2, 0.25) is 0 Å². The molecule has 0 radical (unpaired) electrons. The first kappa shape index (κ1) is 14.5. The molecule has 2 unspecified atom stereocenters. The van der Waals surface area contributed by atoms with Crippen LogP contribution in [0.3, 0.4) is 0 Å². The molecular weight excluding hydrogens is 275 g/mol. The summed E-state index contributed by atoms with van der Waals surface area (Å²) in [5.74, 6) is 0. The van der Waals surface area contributed by atoms with Crippen LogP contribution in [-0.4, -0.2) is 18.3 Å². The van der Waals surface area contributed by atoms with E-state index in [1.165, 1.54) is 16.7 Å². The molecule has 2 atom stereocenters. The molecule has 4 heteroatoms. The first-order valence-electron chi connectivity index (χ1n) is 8.01. The Morgan fingerprint density at radius 1 is 1.00 bits per heavy atom. The minimum Gasteiger partial charge on any atom is -0.399 e. The molecule has 0 aliphatic carbocycles. The van der Waals surface area contributed by atoms with Gasteiger partial charge >= 0.3 is 7.12 Å². The number of rotatable bonds is 1. The highest BCUT2D eigenvalue weighted by Gasteiger charge is 2.54. The summed E-state index contributed by atoms with van der Waals surface area (Å²) in [6, 6.07) is 4.41. The fourth-order valence-electron chi connectivity index (χ4n) is 3.64. The van der Waals surface area contributed by atoms with Crippen molar-refractivity contribution in [2.45, 2.75) is 64.4 Å². The van der Waals surface area contributed by atoms with Crippen molar-refractivity contribution in [1.82, 2.24) is 0 Å². The Hall–Kier alpha value is -1.10. The monoisotopic (exact) mass is 298 g/mol. The van der Waals surface area contributed by atoms with Gasteiger partial charge in [0.15, 0.2) is 0 Å². The Bertz CT molecular complexity index is 676. The molecule has 3 nitrogen and oxygen atoms in total. The zero-order chi connectivity index (χ0) is 15.9. The lowest BCUT2D eigenvalue weighted by Gasteiger charge is -2.32. The van der Waals surface area contributed by atoms with Crippen molar-refractivity contribution >= 4 is 12.6 Å². The largest absolute Gasteiger partial charge is 0.495 e. The van der Waals surface area contributed by atoms with Gasteiger partial charge in [-0.05, 0) is 64.2 Å². The second-order valence-electron chi connectivity index (χ2n) is 7.91. The summed E-state index contributed by atoms with van der Waals surface area (Å²) in [4.78, 5) is 0. The summed E-state index contributed by atoms with van der Waals surface area (Å²) in [5, 5.41) is 0. The lowest BCUT2D eigenvalue weighted by Crippen LogP contribution is -2.41. The highest BCUT2D eigenvalue weighted by Crippen LogP contribution is 2.50. The quantitative estimate of drug-likeness (QED) is 0.589. The lowest BCUT2D eigenvalue weighted by molar-refractivity contribution is 0.00578. The average molecular weight is 298 g/mol. The van der Waals surface area contributed by atoms with Crippen molar-refractivity contribution in [2.24, 2.45) is 0 Å². The van der Waals surface area contributed by atoms with Crippen LogP contribution < -0.4 is 5.46 Å². The molecule has 1 aromatic carbocycles. The van der Waals surface area contributed by atoms with Crippen LogP contribution in [0.15, 0.2) is 24.3 Å². The molecule has 3 aliphatic heterocycles. The Labute approximate surface area is 132 Å². The maximum Gasteiger partial charge on any atom is 0.495 e. The molecule has 116 valence electrons. The van der Waals surface area contributed by atoms with Crippen LogP contribution in [0.1, 0.15) is 57.4 Å². The summed E-state index contributed by atoms with van der Waals surface area (Å²) in [6.07, 6.45) is 4.33. The van der Waals surface area contributed by atoms with Crippen molar-refractivity contribution in [3.63, 3.8) is 0 Å². The highest BCUT2D eigenvalue weighted by atomic mass is 16.7. The van der Waals surface area contributed by atoms with Gasteiger partial charge in [-0.15, -0.1) is 0 Å². The Kier molecular flexibility index (Phi) is 2.67. The predicted molar refractivity (Wildman–Crippen MR) is 87.2 cm³/mol. The number of hydrogen-bond acceptors (Lipinski definition) is 3. The van der Waals surface area contributed by atoms with E-state index in [0.717, 1.165) is 5.46 Å². The molecule has 0 spiro atoms. The minimum absolute atomic E-state index is 0.0228. The van der Waals surface area contributed by atoms with E-state index in [0.29, 0.717) is 0 Å². The molecule has 1 aromatic rings. The van der Waals surface area contributed by atoms with E-state index in [4.69, 9.17) is 14.0 Å². The van der Waals surface area contributed by atoms with Crippen LogP contribution in [-0.2, 0) is 19.6 Å². The molecule has 0 aromatic heterocycles. The zero-order valence-electron chi connectivity index (χ0n) is 14.2. The summed E-state index contributed by atoms with van der Waals surface area (Å²) >= 11 is 0. The van der Waals surface area contributed by atoms with Crippen LogP contribution in [0.2, 0.25) is 0 Å². The molecule has 2 bridgehead atoms. The molecule has 0 saturated carbocycles. The van der Waals surface area contributed by atoms with Crippen LogP contribution in [0.25, 0.3) is 0 Å². The molecule has 0 amide bonds. The molecular formula is C18H23BO3. The van der Waals surface area contributed by atoms with Gasteiger partial charge in [0.1, 0.15) is 11.7 Å². The molecule has 3 aliphatic rings. The van der Waals surface area contributed by atoms with Gasteiger partial charge in [-0.1, -0.05) is 23.8 Å². The number of benzene rings is 1. The first-order chi connectivity index (χ1) is 10.1. The lowest BCUT2D eigenvalue weighted by atomic mass is 9.70. The van der Waals surface area contributed by atoms with Crippen molar-refractivity contribution in [2.75, 3.05) is 0 Å². The first-order valence-corrected chi connectivity index (χ1v) is 8.01. The van der Waals surface area contributed by atoms with Crippen LogP contribution in [0.5, 0.6) is 0 Å². The van der Waals surface area contributed by atoms with E-state index >= 15 is 0 Å². The van der Waals surface area contributed by atoms with E-state index in [-0.39, 0.29) is 30.0 Å². The number of ether oxygens (including phenoxy) is 1. The Morgan fingerprint density at radius 2 is 1.64 bits per heavy atom. The fourth-order valence-corrected chi connectivity index (χ4v) is 3.64. The molecule has 1 fully saturated rings. The number of fused-ring (bicyclic) bond motifs is 5. The standard InChI is InChI=1S/C18H23BO3/c1-11-9-12-15(14-7-8-18(12,6)20-14)13(10-11)19-21-16(2,3)17(4,5)22-19/h7-10,14H,1-6H3. The molecule has 22 heavy (non-hydrogen) atoms. The maximum absolute atomic E-state index is 6.27. The second kappa shape index (κ2) is 4.05. The van der Waals surface area contributed by atoms with E-state index in [1.54, 1.807) is 0 Å². The van der Waals surface area contributed by atoms with Crippen LogP contribution >= 0.6 is 0 Å². The molecule has 4 rings (SSSR count). The van der Waals surface area contributed by atoms with Gasteiger partial charge in [0.25, 0.3) is 0 Å². The van der Waals surface area contributed by atoms with E-state index in [9.17, 15) is 0 Å². The summed E-state index contributed by atoms with van der Waals surface area (Å²) in [7, 11) is -0.335. The average Bonchev–Trinajstić information content (AvgIpc) is 2.97. The van der Waals surface area contributed by atoms with Crippen molar-refractivity contribution in [3.05, 3.63) is 41.0 Å². The summed E-state index contributed by atoms with van der Waals surface area (Å²) in [6.45, 7) is 12.6. The van der Waals surface area contributed by atoms with Crippen molar-refractivity contribution in [1.29, 1.82) is 0 Å². The van der Waals surface area contributed by atoms with Crippen LogP contribution in [0.4, 0.5) is 0 Å². The van der Waals surface area contributed by atoms with E-state index in [2.05, 4.69) is 65.8 Å². The molecule has 1 saturated heterocycles. The third-order valence-corrected chi connectivity index (χ3v) is 5.64. The Morgan fingerprint density at radius 3 is 2.27 bits per heavy atom. The SMILES string of the molecule is Cc1cc(B2OC(C)(C)C(C)(C)O2)c2c(c1)C1(C)C=CC2O1. The predicted octanol–water partition coefficient (Wildman–Crippen LogP) is 3.15. The van der Waals surface area contributed by atoms with Gasteiger partial charge in [-0.25, -0.2) is 0 Å². The molecule has 0 N–H and O–H groups in total. The summed E-state index contributed by atoms with van der Waals surface area (Å²) < 4.78 is 18.7. The minimum atomic E-state index is -0.335. The number of hydrogen-bond donors (Lipinski definition) is 0. The highest BCUT2D eigenvalue weighted by molar-refractivity contribution is 6.62. The van der Waals surface area contributed by atoms with E-state index in [1.807, 2.05) is 0 Å². The third-order valence-electron chi connectivity index (χ3n) is 5.64. The van der Waals surface area contributed by atoms with Gasteiger partial charge in [0, 0.05) is 0 Å². The molecule has 3 heterocycles. The maximum atomic E-state index is 6.27. The van der Waals surface area contributed by atoms with Gasteiger partial charge in [-0.2, -0.15) is 0 Å². The third kappa shape index (κ3) is 1.75. The van der Waals surface area contributed by atoms with Crippen molar-refractivity contribution in [3.8, 4) is 0 Å². The smallest absolute Gasteiger partial charge is 0.399 e. The normalized spacial score (nSPS) is 33.5. The van der Waals surface area contributed by atoms with Gasteiger partial charge < -0.3 is 14.0 Å². The topological polar surface area (TPSA) is 27.7 Å². The van der Waals surface area contributed by atoms with Crippen molar-refractivity contribution < 1.29 is 14.0 Å². The number of aryl methyl sites for hydroxylation is 1. The van der Waals surface area contributed by atoms with Gasteiger partial charge in [-0.3, -0.25) is 0 Å². The second-order valence-corrected chi connectivity index (χ2v) is 7.91. The Balaban J connectivity index is 1.83. The zero-order valence-corrected chi connectivity index (χ0v) is 14.2. The van der Waals surface area contributed by atoms with E-state index < -0.39 is 0 Å².